The SMILES string of the molecule is CC(=O)c1nn2c3c(cc(-c4cnc(C)nc4)cc13)CCCCCCC(=O)N(C)C[C@@]13C[C@H](C(=O)Nc4nc(C(F)(F)F)ccc4C)N(C(=O)C2)[C@@H]1C3. The molecule has 0 unspecified atom stereocenters. The molecule has 0 spiro atoms. The molecule has 7 rings (SSSR count). The molecule has 2 fully saturated rings. The molecule has 3 aromatic heterocycles. The standard InChI is InChI=1S/C38H41F3N8O4/c1-21-11-12-29(38(39,40)41)44-35(21)45-36(53)28-15-37-16-30(37)49(28)32(52)19-48-34-24(9-7-5-6-8-10-31(51)47(4)20-37)13-25(26-17-42-23(3)43-18-26)14-27(34)33(46-48)22(2)50/h11-14,17-18,28,30H,5-10,15-16,19-20H2,1-4H3,(H,44,45,53)/t28-,30-,37+/m1/s1. The number of anilines is 1. The quantitative estimate of drug-likeness (QED) is 0.264. The molecule has 1 N–H and O–H groups in total. The van der Waals surface area contributed by atoms with Gasteiger partial charge in [-0.05, 0) is 80.8 Å². The number of ketones is 1. The molecule has 5 heterocycles. The van der Waals surface area contributed by atoms with Crippen molar-refractivity contribution < 1.29 is 32.3 Å². The summed E-state index contributed by atoms with van der Waals surface area (Å²) in [6, 6.07) is 4.54. The number of piperidine rings is 1. The number of rotatable bonds is 4. The molecule has 1 saturated carbocycles. The third-order valence-corrected chi connectivity index (χ3v) is 10.9. The molecule has 3 aliphatic rings. The van der Waals surface area contributed by atoms with Crippen LogP contribution in [0.2, 0.25) is 0 Å². The summed E-state index contributed by atoms with van der Waals surface area (Å²) in [6.07, 6.45) is 3.72. The second-order valence-corrected chi connectivity index (χ2v) is 14.7. The Bertz CT molecular complexity index is 2130. The third-order valence-electron chi connectivity index (χ3n) is 10.9. The maximum Gasteiger partial charge on any atom is 0.433 e. The van der Waals surface area contributed by atoms with Crippen LogP contribution < -0.4 is 5.32 Å². The van der Waals surface area contributed by atoms with Crippen LogP contribution in [0, 0.1) is 19.3 Å². The van der Waals surface area contributed by atoms with Crippen molar-refractivity contribution in [3.63, 3.8) is 0 Å². The molecule has 2 aliphatic heterocycles. The molecule has 53 heavy (non-hydrogen) atoms. The predicted molar refractivity (Wildman–Crippen MR) is 189 cm³/mol. The first-order valence-corrected chi connectivity index (χ1v) is 17.9. The smallest absolute Gasteiger partial charge is 0.345 e. The van der Waals surface area contributed by atoms with Crippen molar-refractivity contribution in [2.24, 2.45) is 5.41 Å². The number of benzene rings is 1. The molecular weight excluding hydrogens is 689 g/mol. The number of carbonyl (C=O) groups is 4. The highest BCUT2D eigenvalue weighted by Gasteiger charge is 2.67. The fourth-order valence-electron chi connectivity index (χ4n) is 8.04. The van der Waals surface area contributed by atoms with Gasteiger partial charge in [0, 0.05) is 61.7 Å². The van der Waals surface area contributed by atoms with E-state index in [1.807, 2.05) is 12.1 Å². The lowest BCUT2D eigenvalue weighted by Crippen LogP contribution is -2.47. The van der Waals surface area contributed by atoms with Gasteiger partial charge in [0.05, 0.1) is 5.52 Å². The van der Waals surface area contributed by atoms with E-state index in [1.54, 1.807) is 42.9 Å². The van der Waals surface area contributed by atoms with Crippen LogP contribution >= 0.6 is 0 Å². The lowest BCUT2D eigenvalue weighted by atomic mass is 9.96. The number of halogens is 3. The second-order valence-electron chi connectivity index (χ2n) is 14.7. The average molecular weight is 731 g/mol. The summed E-state index contributed by atoms with van der Waals surface area (Å²) in [5.41, 5.74) is 1.93. The van der Waals surface area contributed by atoms with Crippen LogP contribution in [0.15, 0.2) is 36.7 Å². The minimum absolute atomic E-state index is 0.0180. The van der Waals surface area contributed by atoms with E-state index >= 15 is 0 Å². The number of alkyl halides is 3. The number of aryl methyl sites for hydroxylation is 3. The first kappa shape index (κ1) is 36.2. The molecule has 15 heteroatoms. The zero-order valence-electron chi connectivity index (χ0n) is 30.1. The van der Waals surface area contributed by atoms with Crippen LogP contribution in [0.1, 0.15) is 85.0 Å². The van der Waals surface area contributed by atoms with E-state index in [1.165, 1.54) is 17.9 Å². The van der Waals surface area contributed by atoms with Gasteiger partial charge in [0.15, 0.2) is 5.78 Å². The number of aromatic nitrogens is 5. The summed E-state index contributed by atoms with van der Waals surface area (Å²) in [5.74, 6) is -1.00. The summed E-state index contributed by atoms with van der Waals surface area (Å²) < 4.78 is 42.1. The van der Waals surface area contributed by atoms with Crippen LogP contribution in [-0.4, -0.2) is 83.7 Å². The normalized spacial score (nSPS) is 22.5. The molecule has 3 atom stereocenters. The van der Waals surface area contributed by atoms with Gasteiger partial charge in [-0.25, -0.2) is 15.0 Å². The van der Waals surface area contributed by atoms with Gasteiger partial charge in [-0.3, -0.25) is 23.9 Å². The molecule has 4 aromatic rings. The zero-order chi connectivity index (χ0) is 37.8. The van der Waals surface area contributed by atoms with Gasteiger partial charge in [0.1, 0.15) is 35.6 Å². The fourth-order valence-corrected chi connectivity index (χ4v) is 8.04. The Morgan fingerprint density at radius 1 is 0.943 bits per heavy atom. The number of nitrogens with zero attached hydrogens (tertiary/aromatic N) is 7. The van der Waals surface area contributed by atoms with Gasteiger partial charge in [0.2, 0.25) is 17.7 Å². The summed E-state index contributed by atoms with van der Waals surface area (Å²) in [6.45, 7) is 4.81. The molecule has 1 aliphatic carbocycles. The molecule has 0 radical (unpaired) electrons. The fraction of sp³-hybridized carbons (Fsp3) is 0.474. The number of carbonyl (C=O) groups excluding carboxylic acids is 4. The Morgan fingerprint density at radius 3 is 2.36 bits per heavy atom. The van der Waals surface area contributed by atoms with Crippen molar-refractivity contribution in [3.05, 3.63) is 65.0 Å². The van der Waals surface area contributed by atoms with Crippen molar-refractivity contribution >= 4 is 40.2 Å². The molecular formula is C38H41F3N8O4. The van der Waals surface area contributed by atoms with Gasteiger partial charge in [-0.1, -0.05) is 18.9 Å². The first-order chi connectivity index (χ1) is 25.1. The maximum absolute atomic E-state index is 14.5. The second kappa shape index (κ2) is 13.6. The molecule has 1 saturated heterocycles. The van der Waals surface area contributed by atoms with E-state index in [-0.39, 0.29) is 42.2 Å². The number of amides is 3. The Balaban J connectivity index is 1.29. The van der Waals surface area contributed by atoms with Crippen LogP contribution in [0.3, 0.4) is 0 Å². The molecule has 3 amide bonds. The van der Waals surface area contributed by atoms with Crippen molar-refractivity contribution in [1.29, 1.82) is 0 Å². The topological polar surface area (TPSA) is 143 Å². The van der Waals surface area contributed by atoms with Crippen LogP contribution in [-0.2, 0) is 33.5 Å². The number of Topliss-reactive ketones (excluding diaryl/α,β-unsaturated/α-hetero) is 1. The van der Waals surface area contributed by atoms with E-state index in [4.69, 9.17) is 0 Å². The van der Waals surface area contributed by atoms with E-state index in [0.717, 1.165) is 42.0 Å². The van der Waals surface area contributed by atoms with Crippen molar-refractivity contribution in [2.75, 3.05) is 18.9 Å². The first-order valence-electron chi connectivity index (χ1n) is 17.9. The molecule has 278 valence electrons. The molecule has 2 bridgehead atoms. The summed E-state index contributed by atoms with van der Waals surface area (Å²) >= 11 is 0. The predicted octanol–water partition coefficient (Wildman–Crippen LogP) is 5.69. The number of hydrogen-bond acceptors (Lipinski definition) is 8. The third kappa shape index (κ3) is 7.00. The van der Waals surface area contributed by atoms with Gasteiger partial charge in [-0.2, -0.15) is 18.3 Å². The van der Waals surface area contributed by atoms with Crippen molar-refractivity contribution in [3.8, 4) is 11.1 Å². The lowest BCUT2D eigenvalue weighted by molar-refractivity contribution is -0.141. The highest BCUT2D eigenvalue weighted by atomic mass is 19.4. The van der Waals surface area contributed by atoms with E-state index in [9.17, 15) is 32.3 Å². The number of hydrogen-bond donors (Lipinski definition) is 1. The Labute approximate surface area is 304 Å². The van der Waals surface area contributed by atoms with Crippen LogP contribution in [0.4, 0.5) is 19.0 Å². The van der Waals surface area contributed by atoms with Gasteiger partial charge >= 0.3 is 6.18 Å². The minimum atomic E-state index is -4.72. The highest BCUT2D eigenvalue weighted by molar-refractivity contribution is 6.07. The number of nitrogens with one attached hydrogen (secondary N) is 1. The summed E-state index contributed by atoms with van der Waals surface area (Å²) in [4.78, 5) is 70.3. The molecule has 12 nitrogen and oxygen atoms in total. The van der Waals surface area contributed by atoms with E-state index < -0.39 is 35.1 Å². The highest BCUT2D eigenvalue weighted by Crippen LogP contribution is 2.60. The Morgan fingerprint density at radius 2 is 1.66 bits per heavy atom. The van der Waals surface area contributed by atoms with Crippen LogP contribution in [0.5, 0.6) is 0 Å². The van der Waals surface area contributed by atoms with Gasteiger partial charge < -0.3 is 15.1 Å². The van der Waals surface area contributed by atoms with E-state index in [0.29, 0.717) is 54.5 Å². The molecule has 1 aromatic carbocycles. The van der Waals surface area contributed by atoms with Gasteiger partial charge in [-0.15, -0.1) is 0 Å². The van der Waals surface area contributed by atoms with Gasteiger partial charge in [0.25, 0.3) is 0 Å². The summed E-state index contributed by atoms with van der Waals surface area (Å²) in [5, 5.41) is 7.84. The zero-order valence-corrected chi connectivity index (χ0v) is 30.1. The van der Waals surface area contributed by atoms with Crippen LogP contribution in [0.25, 0.3) is 22.0 Å². The Hall–Kier alpha value is -5.21. The van der Waals surface area contributed by atoms with Crippen molar-refractivity contribution in [1.82, 2.24) is 34.5 Å². The number of pyridine rings is 1. The average Bonchev–Trinajstić information content (AvgIpc) is 3.49. The van der Waals surface area contributed by atoms with E-state index in [2.05, 4.69) is 25.4 Å². The maximum atomic E-state index is 14.5. The largest absolute Gasteiger partial charge is 0.433 e. The summed E-state index contributed by atoms with van der Waals surface area (Å²) in [7, 11) is 1.73. The van der Waals surface area contributed by atoms with Crippen molar-refractivity contribution in [2.45, 2.75) is 96.9 Å². The lowest BCUT2D eigenvalue weighted by Gasteiger charge is -2.27. The minimum Gasteiger partial charge on any atom is -0.345 e. The Kier molecular flexibility index (Phi) is 9.31. The monoisotopic (exact) mass is 730 g/mol.